The molecule has 0 amide bonds. The predicted octanol–water partition coefficient (Wildman–Crippen LogP) is 0.410. The van der Waals surface area contributed by atoms with Crippen LogP contribution >= 0.6 is 0 Å². The Kier molecular flexibility index (Phi) is 3.63. The molecule has 1 aromatic rings. The number of hydrogen-bond donors (Lipinski definition) is 1. The topological polar surface area (TPSA) is 82.8 Å². The number of nitrogens with zero attached hydrogens (tertiary/aromatic N) is 2. The Labute approximate surface area is 88.7 Å². The van der Waals surface area contributed by atoms with E-state index in [2.05, 4.69) is 10.3 Å². The van der Waals surface area contributed by atoms with Crippen molar-refractivity contribution in [1.29, 1.82) is 5.26 Å². The van der Waals surface area contributed by atoms with Crippen LogP contribution in [0, 0.1) is 11.3 Å². The fourth-order valence-corrected chi connectivity index (χ4v) is 1.46. The van der Waals surface area contributed by atoms with Crippen molar-refractivity contribution in [2.45, 2.75) is 0 Å². The zero-order valence-corrected chi connectivity index (χ0v) is 9.08. The predicted molar refractivity (Wildman–Crippen MR) is 57.2 cm³/mol. The summed E-state index contributed by atoms with van der Waals surface area (Å²) in [5.41, 5.74) is 0.408. The largest absolute Gasteiger partial charge is 0.368 e. The number of rotatable bonds is 4. The summed E-state index contributed by atoms with van der Waals surface area (Å²) >= 11 is 0. The summed E-state index contributed by atoms with van der Waals surface area (Å²) in [7, 11) is -2.99. The molecule has 15 heavy (non-hydrogen) atoms. The molecule has 0 saturated carbocycles. The van der Waals surface area contributed by atoms with Crippen LogP contribution in [0.4, 0.5) is 5.82 Å². The standard InChI is InChI=1S/C9H11N3O2S/c1-15(13,14)6-5-12-9-8(7-10)3-2-4-11-9/h2-4H,5-6H2,1H3,(H,11,12). The first-order valence-electron chi connectivity index (χ1n) is 4.29. The molecule has 0 aliphatic heterocycles. The zero-order valence-electron chi connectivity index (χ0n) is 8.27. The lowest BCUT2D eigenvalue weighted by molar-refractivity contribution is 0.602. The van der Waals surface area contributed by atoms with Crippen LogP contribution < -0.4 is 5.32 Å². The van der Waals surface area contributed by atoms with Crippen LogP contribution in [0.25, 0.3) is 0 Å². The number of sulfone groups is 1. The first kappa shape index (κ1) is 11.5. The van der Waals surface area contributed by atoms with Gasteiger partial charge in [0, 0.05) is 19.0 Å². The molecule has 0 saturated heterocycles. The molecule has 0 spiro atoms. The van der Waals surface area contributed by atoms with Crippen LogP contribution in [-0.4, -0.2) is 32.0 Å². The molecule has 0 radical (unpaired) electrons. The van der Waals surface area contributed by atoms with E-state index in [1.165, 1.54) is 0 Å². The summed E-state index contributed by atoms with van der Waals surface area (Å²) in [5.74, 6) is 0.442. The van der Waals surface area contributed by atoms with E-state index in [1.54, 1.807) is 18.3 Å². The Morgan fingerprint density at radius 1 is 1.60 bits per heavy atom. The lowest BCUT2D eigenvalue weighted by Gasteiger charge is -2.05. The van der Waals surface area contributed by atoms with E-state index in [0.717, 1.165) is 6.26 Å². The van der Waals surface area contributed by atoms with Crippen molar-refractivity contribution in [2.24, 2.45) is 0 Å². The highest BCUT2D eigenvalue weighted by molar-refractivity contribution is 7.90. The van der Waals surface area contributed by atoms with Crippen molar-refractivity contribution in [1.82, 2.24) is 4.98 Å². The van der Waals surface area contributed by atoms with Crippen LogP contribution in [0.3, 0.4) is 0 Å². The summed E-state index contributed by atoms with van der Waals surface area (Å²) < 4.78 is 21.7. The molecule has 1 heterocycles. The summed E-state index contributed by atoms with van der Waals surface area (Å²) in [5, 5.41) is 11.5. The van der Waals surface area contributed by atoms with Crippen molar-refractivity contribution in [3.8, 4) is 6.07 Å². The second-order valence-corrected chi connectivity index (χ2v) is 5.33. The smallest absolute Gasteiger partial charge is 0.149 e. The van der Waals surface area contributed by atoms with Crippen molar-refractivity contribution in [3.05, 3.63) is 23.9 Å². The molecule has 0 fully saturated rings. The van der Waals surface area contributed by atoms with E-state index in [1.807, 2.05) is 6.07 Å². The van der Waals surface area contributed by atoms with Crippen molar-refractivity contribution in [2.75, 3.05) is 23.9 Å². The lowest BCUT2D eigenvalue weighted by atomic mass is 10.3. The molecule has 0 aromatic carbocycles. The Bertz CT molecular complexity index is 476. The van der Waals surface area contributed by atoms with Crippen LogP contribution in [-0.2, 0) is 9.84 Å². The molecular weight excluding hydrogens is 214 g/mol. The maximum atomic E-state index is 10.9. The van der Waals surface area contributed by atoms with E-state index < -0.39 is 9.84 Å². The van der Waals surface area contributed by atoms with Gasteiger partial charge in [-0.05, 0) is 12.1 Å². The molecule has 0 atom stereocenters. The van der Waals surface area contributed by atoms with Crippen LogP contribution in [0.1, 0.15) is 5.56 Å². The average molecular weight is 225 g/mol. The van der Waals surface area contributed by atoms with Gasteiger partial charge in [-0.2, -0.15) is 5.26 Å². The van der Waals surface area contributed by atoms with Gasteiger partial charge < -0.3 is 5.32 Å². The van der Waals surface area contributed by atoms with Gasteiger partial charge in [-0.1, -0.05) is 0 Å². The minimum Gasteiger partial charge on any atom is -0.368 e. The molecule has 1 rings (SSSR count). The number of nitrogens with one attached hydrogen (secondary N) is 1. The molecule has 0 aliphatic carbocycles. The molecule has 0 bridgehead atoms. The zero-order chi connectivity index (χ0) is 11.3. The van der Waals surface area contributed by atoms with Gasteiger partial charge in [0.15, 0.2) is 0 Å². The highest BCUT2D eigenvalue weighted by Gasteiger charge is 2.04. The first-order valence-corrected chi connectivity index (χ1v) is 6.36. The highest BCUT2D eigenvalue weighted by Crippen LogP contribution is 2.08. The number of nitriles is 1. The molecule has 6 heteroatoms. The van der Waals surface area contributed by atoms with E-state index >= 15 is 0 Å². The second kappa shape index (κ2) is 4.75. The first-order chi connectivity index (χ1) is 7.03. The van der Waals surface area contributed by atoms with Crippen LogP contribution in [0.15, 0.2) is 18.3 Å². The monoisotopic (exact) mass is 225 g/mol. The van der Waals surface area contributed by atoms with Crippen molar-refractivity contribution in [3.63, 3.8) is 0 Å². The third-order valence-electron chi connectivity index (χ3n) is 1.69. The summed E-state index contributed by atoms with van der Waals surface area (Å²) in [6.07, 6.45) is 2.71. The molecule has 1 N–H and O–H groups in total. The summed E-state index contributed by atoms with van der Waals surface area (Å²) in [6.45, 7) is 0.254. The Balaban J connectivity index is 2.63. The van der Waals surface area contributed by atoms with Gasteiger partial charge in [0.1, 0.15) is 21.7 Å². The molecule has 80 valence electrons. The van der Waals surface area contributed by atoms with Crippen LogP contribution in [0.2, 0.25) is 0 Å². The molecule has 0 aliphatic rings. The van der Waals surface area contributed by atoms with Gasteiger partial charge in [0.2, 0.25) is 0 Å². The van der Waals surface area contributed by atoms with E-state index in [9.17, 15) is 8.42 Å². The SMILES string of the molecule is CS(=O)(=O)CCNc1ncccc1C#N. The van der Waals surface area contributed by atoms with Crippen LogP contribution in [0.5, 0.6) is 0 Å². The Morgan fingerprint density at radius 3 is 2.93 bits per heavy atom. The fraction of sp³-hybridized carbons (Fsp3) is 0.333. The minimum absolute atomic E-state index is 0.0223. The van der Waals surface area contributed by atoms with Gasteiger partial charge in [0.05, 0.1) is 11.3 Å². The lowest BCUT2D eigenvalue weighted by Crippen LogP contribution is -2.15. The molecule has 0 unspecified atom stereocenters. The minimum atomic E-state index is -2.99. The average Bonchev–Trinajstić information content (AvgIpc) is 2.16. The Morgan fingerprint density at radius 2 is 2.33 bits per heavy atom. The molecule has 5 nitrogen and oxygen atoms in total. The number of aromatic nitrogens is 1. The highest BCUT2D eigenvalue weighted by atomic mass is 32.2. The summed E-state index contributed by atoms with van der Waals surface area (Å²) in [6, 6.07) is 5.24. The maximum absolute atomic E-state index is 10.9. The van der Waals surface area contributed by atoms with E-state index in [4.69, 9.17) is 5.26 Å². The number of pyridine rings is 1. The van der Waals surface area contributed by atoms with Gasteiger partial charge in [-0.15, -0.1) is 0 Å². The third-order valence-corrected chi connectivity index (χ3v) is 2.64. The number of anilines is 1. The van der Waals surface area contributed by atoms with Gasteiger partial charge in [-0.25, -0.2) is 13.4 Å². The maximum Gasteiger partial charge on any atom is 0.149 e. The van der Waals surface area contributed by atoms with E-state index in [0.29, 0.717) is 11.4 Å². The second-order valence-electron chi connectivity index (χ2n) is 3.07. The molecular formula is C9H11N3O2S. The third kappa shape index (κ3) is 3.95. The van der Waals surface area contributed by atoms with Gasteiger partial charge in [0.25, 0.3) is 0 Å². The molecule has 1 aromatic heterocycles. The quantitative estimate of drug-likeness (QED) is 0.802. The Hall–Kier alpha value is -1.61. The van der Waals surface area contributed by atoms with Crippen molar-refractivity contribution >= 4 is 15.7 Å². The fourth-order valence-electron chi connectivity index (χ4n) is 0.991. The van der Waals surface area contributed by atoms with Gasteiger partial charge in [-0.3, -0.25) is 0 Å². The number of hydrogen-bond acceptors (Lipinski definition) is 5. The van der Waals surface area contributed by atoms with Gasteiger partial charge >= 0.3 is 0 Å². The normalized spacial score (nSPS) is 10.7. The summed E-state index contributed by atoms with van der Waals surface area (Å²) in [4.78, 5) is 3.94. The van der Waals surface area contributed by atoms with E-state index in [-0.39, 0.29) is 12.3 Å². The van der Waals surface area contributed by atoms with Crippen molar-refractivity contribution < 1.29 is 8.42 Å².